The Morgan fingerprint density at radius 2 is 1.95 bits per heavy atom. The fraction of sp³-hybridized carbons (Fsp3) is 0.250. The van der Waals surface area contributed by atoms with Crippen LogP contribution in [0.1, 0.15) is 23.1 Å². The largest absolute Gasteiger partial charge is 0.321 e. The molecule has 2 aromatic carbocycles. The number of hydrogen-bond acceptors (Lipinski definition) is 1. The highest BCUT2D eigenvalue weighted by molar-refractivity contribution is 6.30. The Bertz CT molecular complexity index is 626. The average Bonchev–Trinajstić information content (AvgIpc) is 2.74. The summed E-state index contributed by atoms with van der Waals surface area (Å²) in [6, 6.07) is 13.2. The number of benzene rings is 2. The van der Waals surface area contributed by atoms with Gasteiger partial charge in [0.15, 0.2) is 0 Å². The summed E-state index contributed by atoms with van der Waals surface area (Å²) in [5.41, 5.74) is 9.02. The molecule has 19 heavy (non-hydrogen) atoms. The molecule has 0 spiro atoms. The van der Waals surface area contributed by atoms with Crippen molar-refractivity contribution in [3.63, 3.8) is 0 Å². The third-order valence-corrected chi connectivity index (χ3v) is 4.22. The summed E-state index contributed by atoms with van der Waals surface area (Å²) in [7, 11) is 0. The SMILES string of the molecule is NC1(Cc2cccc(Cl)c2F)CCc2ccccc21. The number of aryl methyl sites for hydroxylation is 1. The van der Waals surface area contributed by atoms with Crippen LogP contribution in [0, 0.1) is 5.82 Å². The van der Waals surface area contributed by atoms with E-state index in [0.29, 0.717) is 12.0 Å². The van der Waals surface area contributed by atoms with E-state index in [1.165, 1.54) is 5.56 Å². The van der Waals surface area contributed by atoms with Gasteiger partial charge in [0.1, 0.15) is 5.82 Å². The Hall–Kier alpha value is -1.38. The lowest BCUT2D eigenvalue weighted by Crippen LogP contribution is -2.36. The maximum Gasteiger partial charge on any atom is 0.145 e. The van der Waals surface area contributed by atoms with Crippen LogP contribution in [-0.4, -0.2) is 0 Å². The van der Waals surface area contributed by atoms with Crippen LogP contribution in [0.5, 0.6) is 0 Å². The van der Waals surface area contributed by atoms with E-state index in [1.807, 2.05) is 18.2 Å². The molecular formula is C16H15ClFN. The molecule has 0 amide bonds. The Kier molecular flexibility index (Phi) is 3.08. The van der Waals surface area contributed by atoms with Gasteiger partial charge in [0.05, 0.1) is 5.02 Å². The number of hydrogen-bond donors (Lipinski definition) is 1. The molecule has 0 saturated carbocycles. The van der Waals surface area contributed by atoms with Crippen molar-refractivity contribution >= 4 is 11.6 Å². The lowest BCUT2D eigenvalue weighted by Gasteiger charge is -2.26. The first-order valence-corrected chi connectivity index (χ1v) is 6.78. The van der Waals surface area contributed by atoms with Crippen LogP contribution in [0.15, 0.2) is 42.5 Å². The summed E-state index contributed by atoms with van der Waals surface area (Å²) in [6.07, 6.45) is 2.28. The molecule has 0 radical (unpaired) electrons. The van der Waals surface area contributed by atoms with Crippen molar-refractivity contribution in [2.24, 2.45) is 5.73 Å². The summed E-state index contributed by atoms with van der Waals surface area (Å²) in [6.45, 7) is 0. The zero-order chi connectivity index (χ0) is 13.5. The van der Waals surface area contributed by atoms with Crippen LogP contribution in [-0.2, 0) is 18.4 Å². The Labute approximate surface area is 117 Å². The summed E-state index contributed by atoms with van der Waals surface area (Å²) >= 11 is 5.83. The van der Waals surface area contributed by atoms with Crippen LogP contribution in [0.3, 0.4) is 0 Å². The second-order valence-electron chi connectivity index (χ2n) is 5.20. The molecule has 0 aromatic heterocycles. The van der Waals surface area contributed by atoms with Gasteiger partial charge in [0, 0.05) is 5.54 Å². The van der Waals surface area contributed by atoms with Crippen LogP contribution in [0.4, 0.5) is 4.39 Å². The van der Waals surface area contributed by atoms with Crippen LogP contribution < -0.4 is 5.73 Å². The van der Waals surface area contributed by atoms with Gasteiger partial charge in [-0.3, -0.25) is 0 Å². The minimum absolute atomic E-state index is 0.160. The molecule has 0 bridgehead atoms. The predicted molar refractivity (Wildman–Crippen MR) is 75.7 cm³/mol. The Morgan fingerprint density at radius 1 is 1.16 bits per heavy atom. The molecule has 3 heteroatoms. The predicted octanol–water partition coefficient (Wildman–Crippen LogP) is 3.82. The third-order valence-electron chi connectivity index (χ3n) is 3.93. The quantitative estimate of drug-likeness (QED) is 0.886. The van der Waals surface area contributed by atoms with E-state index >= 15 is 0 Å². The van der Waals surface area contributed by atoms with Crippen molar-refractivity contribution in [1.29, 1.82) is 0 Å². The molecule has 0 heterocycles. The molecule has 1 unspecified atom stereocenters. The minimum Gasteiger partial charge on any atom is -0.321 e. The first-order valence-electron chi connectivity index (χ1n) is 6.40. The molecule has 2 aromatic rings. The lowest BCUT2D eigenvalue weighted by atomic mass is 9.86. The van der Waals surface area contributed by atoms with Gasteiger partial charge in [-0.2, -0.15) is 0 Å². The zero-order valence-electron chi connectivity index (χ0n) is 10.5. The van der Waals surface area contributed by atoms with Crippen molar-refractivity contribution in [2.45, 2.75) is 24.8 Å². The normalized spacial score (nSPS) is 21.4. The lowest BCUT2D eigenvalue weighted by molar-refractivity contribution is 0.429. The highest BCUT2D eigenvalue weighted by atomic mass is 35.5. The van der Waals surface area contributed by atoms with E-state index in [2.05, 4.69) is 6.07 Å². The molecule has 2 N–H and O–H groups in total. The molecule has 0 fully saturated rings. The van der Waals surface area contributed by atoms with Gasteiger partial charge < -0.3 is 5.73 Å². The van der Waals surface area contributed by atoms with Gasteiger partial charge in [0.25, 0.3) is 0 Å². The first kappa shape index (κ1) is 12.6. The van der Waals surface area contributed by atoms with E-state index in [0.717, 1.165) is 18.4 Å². The van der Waals surface area contributed by atoms with Gasteiger partial charge in [-0.25, -0.2) is 4.39 Å². The molecule has 1 atom stereocenters. The summed E-state index contributed by atoms with van der Waals surface area (Å²) in [5.74, 6) is -0.349. The summed E-state index contributed by atoms with van der Waals surface area (Å²) in [5, 5.41) is 0.160. The summed E-state index contributed by atoms with van der Waals surface area (Å²) in [4.78, 5) is 0. The Balaban J connectivity index is 1.98. The van der Waals surface area contributed by atoms with Gasteiger partial charge in [-0.05, 0) is 42.0 Å². The number of rotatable bonds is 2. The maximum atomic E-state index is 14.0. The molecule has 0 aliphatic heterocycles. The Morgan fingerprint density at radius 3 is 2.79 bits per heavy atom. The third kappa shape index (κ3) is 2.15. The van der Waals surface area contributed by atoms with Gasteiger partial charge in [-0.15, -0.1) is 0 Å². The standard InChI is InChI=1S/C16H15ClFN/c17-14-7-3-5-12(15(14)18)10-16(19)9-8-11-4-1-2-6-13(11)16/h1-7H,8-10,19H2. The van der Waals surface area contributed by atoms with Gasteiger partial charge in [0.2, 0.25) is 0 Å². The van der Waals surface area contributed by atoms with E-state index in [1.54, 1.807) is 18.2 Å². The topological polar surface area (TPSA) is 26.0 Å². The fourth-order valence-electron chi connectivity index (χ4n) is 2.92. The molecule has 0 saturated heterocycles. The smallest absolute Gasteiger partial charge is 0.145 e. The monoisotopic (exact) mass is 275 g/mol. The molecule has 3 rings (SSSR count). The van der Waals surface area contributed by atoms with Crippen molar-refractivity contribution in [3.05, 3.63) is 70.0 Å². The first-order chi connectivity index (χ1) is 9.10. The second-order valence-corrected chi connectivity index (χ2v) is 5.61. The highest BCUT2D eigenvalue weighted by Gasteiger charge is 2.35. The van der Waals surface area contributed by atoms with E-state index in [9.17, 15) is 4.39 Å². The van der Waals surface area contributed by atoms with Crippen molar-refractivity contribution < 1.29 is 4.39 Å². The molecule has 1 aliphatic carbocycles. The fourth-order valence-corrected chi connectivity index (χ4v) is 3.12. The molecule has 98 valence electrons. The molecule has 1 aliphatic rings. The number of nitrogens with two attached hydrogens (primary N) is 1. The summed E-state index contributed by atoms with van der Waals surface area (Å²) < 4.78 is 14.0. The van der Waals surface area contributed by atoms with E-state index in [-0.39, 0.29) is 10.8 Å². The van der Waals surface area contributed by atoms with E-state index < -0.39 is 5.54 Å². The van der Waals surface area contributed by atoms with Gasteiger partial charge >= 0.3 is 0 Å². The van der Waals surface area contributed by atoms with Crippen LogP contribution in [0.25, 0.3) is 0 Å². The average molecular weight is 276 g/mol. The van der Waals surface area contributed by atoms with Gasteiger partial charge in [-0.1, -0.05) is 48.0 Å². The number of halogens is 2. The minimum atomic E-state index is -0.484. The van der Waals surface area contributed by atoms with Crippen LogP contribution in [0.2, 0.25) is 5.02 Å². The maximum absolute atomic E-state index is 14.0. The van der Waals surface area contributed by atoms with E-state index in [4.69, 9.17) is 17.3 Å². The van der Waals surface area contributed by atoms with Crippen LogP contribution >= 0.6 is 11.6 Å². The van der Waals surface area contributed by atoms with Crippen molar-refractivity contribution in [2.75, 3.05) is 0 Å². The molecular weight excluding hydrogens is 261 g/mol. The molecule has 1 nitrogen and oxygen atoms in total. The van der Waals surface area contributed by atoms with Crippen molar-refractivity contribution in [1.82, 2.24) is 0 Å². The number of fused-ring (bicyclic) bond motifs is 1. The second kappa shape index (κ2) is 4.62. The van der Waals surface area contributed by atoms with Crippen molar-refractivity contribution in [3.8, 4) is 0 Å². The zero-order valence-corrected chi connectivity index (χ0v) is 11.3. The highest BCUT2D eigenvalue weighted by Crippen LogP contribution is 2.38.